The second-order valence-electron chi connectivity index (χ2n) is 7.37. The highest BCUT2D eigenvalue weighted by atomic mass is 35.5. The van der Waals surface area contributed by atoms with Gasteiger partial charge >= 0.3 is 0 Å². The molecule has 1 amide bonds. The molecule has 9 heteroatoms. The van der Waals surface area contributed by atoms with Gasteiger partial charge in [-0.25, -0.2) is 14.4 Å². The molecule has 29 heavy (non-hydrogen) atoms. The van der Waals surface area contributed by atoms with Gasteiger partial charge in [0, 0.05) is 51.0 Å². The minimum atomic E-state index is -0.457. The molecule has 2 aromatic rings. The van der Waals surface area contributed by atoms with Gasteiger partial charge in [0.2, 0.25) is 5.91 Å². The number of amides is 1. The predicted octanol–water partition coefficient (Wildman–Crippen LogP) is 2.76. The summed E-state index contributed by atoms with van der Waals surface area (Å²) in [6, 6.07) is 6.31. The fourth-order valence-corrected chi connectivity index (χ4v) is 3.88. The average molecular weight is 419 g/mol. The van der Waals surface area contributed by atoms with Crippen LogP contribution in [0.4, 0.5) is 21.7 Å². The zero-order valence-electron chi connectivity index (χ0n) is 16.2. The Kier molecular flexibility index (Phi) is 6.10. The monoisotopic (exact) mass is 418 g/mol. The molecule has 0 unspecified atom stereocenters. The van der Waals surface area contributed by atoms with Crippen LogP contribution in [0.25, 0.3) is 0 Å². The van der Waals surface area contributed by atoms with Crippen LogP contribution < -0.4 is 10.2 Å². The van der Waals surface area contributed by atoms with E-state index >= 15 is 0 Å². The molecule has 0 aliphatic carbocycles. The first-order valence-electron chi connectivity index (χ1n) is 9.88. The number of benzene rings is 1. The summed E-state index contributed by atoms with van der Waals surface area (Å²) in [6.07, 6.45) is 3.74. The van der Waals surface area contributed by atoms with Crippen LogP contribution >= 0.6 is 11.6 Å². The summed E-state index contributed by atoms with van der Waals surface area (Å²) in [5.41, 5.74) is 0.659. The van der Waals surface area contributed by atoms with Crippen molar-refractivity contribution in [1.29, 1.82) is 0 Å². The van der Waals surface area contributed by atoms with Gasteiger partial charge in [0.25, 0.3) is 0 Å². The lowest BCUT2D eigenvalue weighted by Gasteiger charge is -2.35. The first-order chi connectivity index (χ1) is 14.1. The molecule has 2 saturated heterocycles. The number of carbonyl (C=O) groups is 1. The van der Waals surface area contributed by atoms with Crippen LogP contribution in [0.2, 0.25) is 5.02 Å². The fourth-order valence-electron chi connectivity index (χ4n) is 3.70. The van der Waals surface area contributed by atoms with Crippen molar-refractivity contribution in [3.05, 3.63) is 41.4 Å². The number of carbonyl (C=O) groups excluding carboxylic acids is 1. The van der Waals surface area contributed by atoms with E-state index in [2.05, 4.69) is 25.1 Å². The maximum atomic E-state index is 13.3. The molecule has 7 nitrogen and oxygen atoms in total. The van der Waals surface area contributed by atoms with E-state index in [0.29, 0.717) is 18.1 Å². The summed E-state index contributed by atoms with van der Waals surface area (Å²) in [5.74, 6) is 1.22. The van der Waals surface area contributed by atoms with Crippen LogP contribution in [-0.4, -0.2) is 71.5 Å². The van der Waals surface area contributed by atoms with Crippen molar-refractivity contribution in [2.75, 3.05) is 56.0 Å². The molecule has 3 heterocycles. The summed E-state index contributed by atoms with van der Waals surface area (Å²) in [5, 5.41) is 3.19. The molecule has 0 bridgehead atoms. The Labute approximate surface area is 174 Å². The molecule has 0 saturated carbocycles. The van der Waals surface area contributed by atoms with E-state index in [-0.39, 0.29) is 10.9 Å². The van der Waals surface area contributed by atoms with Crippen LogP contribution in [0.15, 0.2) is 30.6 Å². The molecule has 0 spiro atoms. The van der Waals surface area contributed by atoms with Gasteiger partial charge in [-0.05, 0) is 31.0 Å². The van der Waals surface area contributed by atoms with Gasteiger partial charge in [0.05, 0.1) is 11.6 Å². The average Bonchev–Trinajstić information content (AvgIpc) is 3.27. The number of nitrogens with zero attached hydrogens (tertiary/aromatic N) is 5. The topological polar surface area (TPSA) is 64.6 Å². The minimum absolute atomic E-state index is 0.0591. The summed E-state index contributed by atoms with van der Waals surface area (Å²) < 4.78 is 13.3. The van der Waals surface area contributed by atoms with Gasteiger partial charge in [-0.15, -0.1) is 0 Å². The minimum Gasteiger partial charge on any atom is -0.354 e. The number of piperazine rings is 1. The van der Waals surface area contributed by atoms with Crippen molar-refractivity contribution < 1.29 is 9.18 Å². The van der Waals surface area contributed by atoms with Gasteiger partial charge in [0.1, 0.15) is 23.8 Å². The smallest absolute Gasteiger partial charge is 0.236 e. The maximum absolute atomic E-state index is 13.3. The Bertz CT molecular complexity index is 868. The first kappa shape index (κ1) is 19.8. The first-order valence-corrected chi connectivity index (χ1v) is 10.3. The Morgan fingerprint density at radius 3 is 2.55 bits per heavy atom. The number of aromatic nitrogens is 2. The van der Waals surface area contributed by atoms with Crippen LogP contribution in [0.1, 0.15) is 12.8 Å². The van der Waals surface area contributed by atoms with E-state index < -0.39 is 5.82 Å². The molecule has 2 aliphatic heterocycles. The molecule has 1 aromatic heterocycles. The quantitative estimate of drug-likeness (QED) is 0.805. The van der Waals surface area contributed by atoms with Crippen molar-refractivity contribution in [2.45, 2.75) is 12.8 Å². The second-order valence-corrected chi connectivity index (χ2v) is 7.77. The molecule has 4 rings (SSSR count). The van der Waals surface area contributed by atoms with E-state index in [1.54, 1.807) is 6.07 Å². The molecule has 0 radical (unpaired) electrons. The maximum Gasteiger partial charge on any atom is 0.236 e. The lowest BCUT2D eigenvalue weighted by molar-refractivity contribution is -0.131. The molecule has 1 N–H and O–H groups in total. The zero-order valence-corrected chi connectivity index (χ0v) is 16.9. The van der Waals surface area contributed by atoms with E-state index in [4.69, 9.17) is 11.6 Å². The third kappa shape index (κ3) is 4.94. The highest BCUT2D eigenvalue weighted by molar-refractivity contribution is 6.31. The Hall–Kier alpha value is -2.45. The van der Waals surface area contributed by atoms with Crippen LogP contribution in [0.3, 0.4) is 0 Å². The van der Waals surface area contributed by atoms with E-state index in [1.807, 2.05) is 11.0 Å². The van der Waals surface area contributed by atoms with Crippen LogP contribution in [0, 0.1) is 5.82 Å². The highest BCUT2D eigenvalue weighted by Crippen LogP contribution is 2.23. The number of rotatable bonds is 5. The second kappa shape index (κ2) is 8.92. The van der Waals surface area contributed by atoms with Crippen molar-refractivity contribution in [1.82, 2.24) is 19.8 Å². The number of hydrogen-bond donors (Lipinski definition) is 1. The van der Waals surface area contributed by atoms with E-state index in [9.17, 15) is 9.18 Å². The summed E-state index contributed by atoms with van der Waals surface area (Å²) in [7, 11) is 0. The van der Waals surface area contributed by atoms with Gasteiger partial charge in [-0.1, -0.05) is 11.6 Å². The van der Waals surface area contributed by atoms with Gasteiger partial charge in [-0.3, -0.25) is 9.69 Å². The molecule has 154 valence electrons. The lowest BCUT2D eigenvalue weighted by atomic mass is 10.3. The summed E-state index contributed by atoms with van der Waals surface area (Å²) in [6.45, 7) is 5.53. The lowest BCUT2D eigenvalue weighted by Crippen LogP contribution is -2.50. The number of halogens is 2. The summed E-state index contributed by atoms with van der Waals surface area (Å²) >= 11 is 5.84. The van der Waals surface area contributed by atoms with E-state index in [0.717, 1.165) is 57.9 Å². The number of nitrogens with one attached hydrogen (secondary N) is 1. The molecule has 1 aromatic carbocycles. The van der Waals surface area contributed by atoms with Gasteiger partial charge in [-0.2, -0.15) is 0 Å². The molecular formula is C20H24ClFN6O. The van der Waals surface area contributed by atoms with Gasteiger partial charge < -0.3 is 15.1 Å². The summed E-state index contributed by atoms with van der Waals surface area (Å²) in [4.78, 5) is 27.3. The van der Waals surface area contributed by atoms with Crippen molar-refractivity contribution in [3.63, 3.8) is 0 Å². The third-order valence-electron chi connectivity index (χ3n) is 5.36. The number of hydrogen-bond acceptors (Lipinski definition) is 6. The Morgan fingerprint density at radius 2 is 1.83 bits per heavy atom. The molecule has 2 fully saturated rings. The molecule has 2 aliphatic rings. The standard InChI is InChI=1S/C20H24ClFN6O/c21-16-11-15(3-4-17(16)22)25-18-12-19(24-14-23-18)27-9-7-26(8-10-27)13-20(29)28-5-1-2-6-28/h3-4,11-12,14H,1-2,5-10,13H2,(H,23,24,25). The van der Waals surface area contributed by atoms with E-state index in [1.165, 1.54) is 18.5 Å². The Morgan fingerprint density at radius 1 is 1.07 bits per heavy atom. The number of likely N-dealkylation sites (tertiary alicyclic amines) is 1. The van der Waals surface area contributed by atoms with Gasteiger partial charge in [0.15, 0.2) is 0 Å². The van der Waals surface area contributed by atoms with Crippen molar-refractivity contribution >= 4 is 34.8 Å². The molecule has 0 atom stereocenters. The van der Waals surface area contributed by atoms with Crippen molar-refractivity contribution in [3.8, 4) is 0 Å². The van der Waals surface area contributed by atoms with Crippen molar-refractivity contribution in [2.24, 2.45) is 0 Å². The molecular weight excluding hydrogens is 395 g/mol. The van der Waals surface area contributed by atoms with Crippen LogP contribution in [-0.2, 0) is 4.79 Å². The zero-order chi connectivity index (χ0) is 20.2. The number of anilines is 3. The highest BCUT2D eigenvalue weighted by Gasteiger charge is 2.24. The normalized spacial score (nSPS) is 17.6. The SMILES string of the molecule is O=C(CN1CCN(c2cc(Nc3ccc(F)c(Cl)c3)ncn2)CC1)N1CCCC1. The van der Waals surface area contributed by atoms with Crippen LogP contribution in [0.5, 0.6) is 0 Å². The predicted molar refractivity (Wildman–Crippen MR) is 111 cm³/mol. The fraction of sp³-hybridized carbons (Fsp3) is 0.450. The largest absolute Gasteiger partial charge is 0.354 e. The Balaban J connectivity index is 1.33. The third-order valence-corrected chi connectivity index (χ3v) is 5.65.